The van der Waals surface area contributed by atoms with Gasteiger partial charge in [0.05, 0.1) is 24.8 Å². The molecule has 0 spiro atoms. The third kappa shape index (κ3) is 5.42. The van der Waals surface area contributed by atoms with Gasteiger partial charge in [-0.15, -0.1) is 0 Å². The van der Waals surface area contributed by atoms with Crippen molar-refractivity contribution in [2.75, 3.05) is 33.3 Å². The molecule has 0 bridgehead atoms. The van der Waals surface area contributed by atoms with Gasteiger partial charge < -0.3 is 24.4 Å². The molecule has 1 atom stereocenters. The van der Waals surface area contributed by atoms with Crippen molar-refractivity contribution in [3.05, 3.63) is 65.2 Å². The summed E-state index contributed by atoms with van der Waals surface area (Å²) in [6, 6.07) is 13.4. The number of methoxy groups -OCH3 is 1. The van der Waals surface area contributed by atoms with E-state index in [-0.39, 0.29) is 17.4 Å². The topological polar surface area (TPSA) is 79.3 Å². The molecule has 1 N–H and O–H groups in total. The predicted molar refractivity (Wildman–Crippen MR) is 132 cm³/mol. The molecule has 0 unspecified atom stereocenters. The van der Waals surface area contributed by atoms with E-state index >= 15 is 0 Å². The predicted octanol–water partition coefficient (Wildman–Crippen LogP) is 4.25. The van der Waals surface area contributed by atoms with E-state index in [4.69, 9.17) is 9.47 Å². The standard InChI is InChI=1S/C27H34N2O5/c1-6-28(7-2)15-16-29-24(20-9-8-10-22(17-20)33-5)23(26(31)27(29)32)25(30)19-11-13-21(14-12-19)34-18(3)4/h8-14,17-18,24,30H,6-7,15-16H2,1-5H3/t24-/m0/s1. The average molecular weight is 467 g/mol. The fourth-order valence-electron chi connectivity index (χ4n) is 4.18. The van der Waals surface area contributed by atoms with Crippen LogP contribution in [0.1, 0.15) is 44.9 Å². The van der Waals surface area contributed by atoms with Crippen LogP contribution in [0, 0.1) is 0 Å². The number of nitrogens with zero attached hydrogens (tertiary/aromatic N) is 2. The lowest BCUT2D eigenvalue weighted by atomic mass is 9.95. The summed E-state index contributed by atoms with van der Waals surface area (Å²) in [5.74, 6) is -0.223. The summed E-state index contributed by atoms with van der Waals surface area (Å²) in [5, 5.41) is 11.2. The number of Topliss-reactive ketones (excluding diaryl/α,β-unsaturated/α-hetero) is 1. The third-order valence-corrected chi connectivity index (χ3v) is 6.00. The maximum absolute atomic E-state index is 13.2. The van der Waals surface area contributed by atoms with E-state index in [0.717, 1.165) is 13.1 Å². The fourth-order valence-corrected chi connectivity index (χ4v) is 4.18. The van der Waals surface area contributed by atoms with Crippen LogP contribution in [0.25, 0.3) is 5.76 Å². The summed E-state index contributed by atoms with van der Waals surface area (Å²) in [4.78, 5) is 30.0. The van der Waals surface area contributed by atoms with E-state index in [1.165, 1.54) is 0 Å². The van der Waals surface area contributed by atoms with Gasteiger partial charge in [0.2, 0.25) is 0 Å². The Hall–Kier alpha value is -3.32. The largest absolute Gasteiger partial charge is 0.507 e. The Balaban J connectivity index is 2.07. The number of aliphatic hydroxyl groups is 1. The zero-order valence-electron chi connectivity index (χ0n) is 20.6. The number of likely N-dealkylation sites (tertiary alicyclic amines) is 1. The van der Waals surface area contributed by atoms with Crippen molar-refractivity contribution in [1.82, 2.24) is 9.80 Å². The van der Waals surface area contributed by atoms with Crippen molar-refractivity contribution in [3.8, 4) is 11.5 Å². The lowest BCUT2D eigenvalue weighted by Gasteiger charge is -2.28. The highest BCUT2D eigenvalue weighted by Gasteiger charge is 2.46. The summed E-state index contributed by atoms with van der Waals surface area (Å²) < 4.78 is 11.0. The van der Waals surface area contributed by atoms with Crippen molar-refractivity contribution in [1.29, 1.82) is 0 Å². The zero-order valence-corrected chi connectivity index (χ0v) is 20.6. The first-order valence-electron chi connectivity index (χ1n) is 11.7. The van der Waals surface area contributed by atoms with Gasteiger partial charge in [-0.05, 0) is 68.9 Å². The van der Waals surface area contributed by atoms with Gasteiger partial charge in [0, 0.05) is 18.7 Å². The van der Waals surface area contributed by atoms with Crippen LogP contribution in [0.5, 0.6) is 11.5 Å². The Labute approximate surface area is 201 Å². The molecule has 0 aromatic heterocycles. The number of hydrogen-bond acceptors (Lipinski definition) is 6. The van der Waals surface area contributed by atoms with Gasteiger partial charge in [0.15, 0.2) is 0 Å². The average Bonchev–Trinajstić information content (AvgIpc) is 3.09. The van der Waals surface area contributed by atoms with Crippen LogP contribution in [0.3, 0.4) is 0 Å². The number of ether oxygens (including phenoxy) is 2. The number of aliphatic hydroxyl groups excluding tert-OH is 1. The van der Waals surface area contributed by atoms with E-state index in [9.17, 15) is 14.7 Å². The maximum atomic E-state index is 13.2. The molecule has 2 aromatic carbocycles. The normalized spacial score (nSPS) is 17.6. The summed E-state index contributed by atoms with van der Waals surface area (Å²) in [6.07, 6.45) is 0.0173. The van der Waals surface area contributed by atoms with Gasteiger partial charge >= 0.3 is 0 Å². The molecular weight excluding hydrogens is 432 g/mol. The van der Waals surface area contributed by atoms with E-state index in [0.29, 0.717) is 35.7 Å². The molecule has 1 fully saturated rings. The van der Waals surface area contributed by atoms with Crippen LogP contribution < -0.4 is 9.47 Å². The number of ketones is 1. The highest BCUT2D eigenvalue weighted by molar-refractivity contribution is 6.46. The molecule has 0 aliphatic carbocycles. The molecular formula is C27H34N2O5. The number of benzene rings is 2. The minimum absolute atomic E-state index is 0.0173. The Kier molecular flexibility index (Phi) is 8.34. The van der Waals surface area contributed by atoms with Gasteiger partial charge in [0.1, 0.15) is 17.3 Å². The quantitative estimate of drug-likeness (QED) is 0.320. The molecule has 0 radical (unpaired) electrons. The maximum Gasteiger partial charge on any atom is 0.295 e. The zero-order chi connectivity index (χ0) is 24.8. The number of likely N-dealkylation sites (N-methyl/N-ethyl adjacent to an activating group) is 1. The molecule has 7 nitrogen and oxygen atoms in total. The summed E-state index contributed by atoms with van der Waals surface area (Å²) in [7, 11) is 1.57. The molecule has 182 valence electrons. The van der Waals surface area contributed by atoms with Crippen LogP contribution in [0.2, 0.25) is 0 Å². The first kappa shape index (κ1) is 25.3. The third-order valence-electron chi connectivity index (χ3n) is 6.00. The van der Waals surface area contributed by atoms with Gasteiger partial charge in [-0.3, -0.25) is 9.59 Å². The lowest BCUT2D eigenvalue weighted by Crippen LogP contribution is -2.38. The minimum Gasteiger partial charge on any atom is -0.507 e. The summed E-state index contributed by atoms with van der Waals surface area (Å²) >= 11 is 0. The Morgan fingerprint density at radius 3 is 2.32 bits per heavy atom. The fraction of sp³-hybridized carbons (Fsp3) is 0.407. The van der Waals surface area contributed by atoms with Gasteiger partial charge in [-0.2, -0.15) is 0 Å². The molecule has 3 rings (SSSR count). The molecule has 1 heterocycles. The van der Waals surface area contributed by atoms with Gasteiger partial charge in [-0.25, -0.2) is 0 Å². The van der Waals surface area contributed by atoms with Gasteiger partial charge in [-0.1, -0.05) is 26.0 Å². The van der Waals surface area contributed by atoms with E-state index < -0.39 is 17.7 Å². The van der Waals surface area contributed by atoms with Crippen molar-refractivity contribution < 1.29 is 24.2 Å². The number of carbonyl (C=O) groups is 2. The second-order valence-electron chi connectivity index (χ2n) is 8.49. The van der Waals surface area contributed by atoms with Crippen LogP contribution in [0.15, 0.2) is 54.1 Å². The summed E-state index contributed by atoms with van der Waals surface area (Å²) in [5.41, 5.74) is 1.24. The van der Waals surface area contributed by atoms with Crippen molar-refractivity contribution in [3.63, 3.8) is 0 Å². The molecule has 0 saturated carbocycles. The smallest absolute Gasteiger partial charge is 0.295 e. The Bertz CT molecular complexity index is 1040. The number of rotatable bonds is 10. The van der Waals surface area contributed by atoms with Crippen LogP contribution >= 0.6 is 0 Å². The number of amides is 1. The molecule has 1 amide bonds. The van der Waals surface area contributed by atoms with Crippen LogP contribution in [-0.2, 0) is 9.59 Å². The molecule has 1 saturated heterocycles. The molecule has 1 aliphatic heterocycles. The minimum atomic E-state index is -0.711. The second-order valence-corrected chi connectivity index (χ2v) is 8.49. The number of carbonyl (C=O) groups excluding carboxylic acids is 2. The lowest BCUT2D eigenvalue weighted by molar-refractivity contribution is -0.140. The van der Waals surface area contributed by atoms with Crippen molar-refractivity contribution >= 4 is 17.4 Å². The monoisotopic (exact) mass is 466 g/mol. The molecule has 34 heavy (non-hydrogen) atoms. The highest BCUT2D eigenvalue weighted by atomic mass is 16.5. The first-order valence-corrected chi connectivity index (χ1v) is 11.7. The molecule has 7 heteroatoms. The first-order chi connectivity index (χ1) is 16.3. The second kappa shape index (κ2) is 11.2. The van der Waals surface area contributed by atoms with E-state index in [1.807, 2.05) is 26.0 Å². The van der Waals surface area contributed by atoms with E-state index in [2.05, 4.69) is 18.7 Å². The molecule has 1 aliphatic rings. The Morgan fingerprint density at radius 2 is 1.74 bits per heavy atom. The van der Waals surface area contributed by atoms with Crippen LogP contribution in [0.4, 0.5) is 0 Å². The van der Waals surface area contributed by atoms with Crippen molar-refractivity contribution in [2.24, 2.45) is 0 Å². The van der Waals surface area contributed by atoms with Gasteiger partial charge in [0.25, 0.3) is 11.7 Å². The Morgan fingerprint density at radius 1 is 1.06 bits per heavy atom. The van der Waals surface area contributed by atoms with Crippen molar-refractivity contribution in [2.45, 2.75) is 39.8 Å². The summed E-state index contributed by atoms with van der Waals surface area (Å²) in [6.45, 7) is 10.7. The SMILES string of the molecule is CCN(CC)CCN1C(=O)C(=O)C(=C(O)c2ccc(OC(C)C)cc2)[C@@H]1c1cccc(OC)c1. The van der Waals surface area contributed by atoms with E-state index in [1.54, 1.807) is 48.4 Å². The number of hydrogen-bond donors (Lipinski definition) is 1. The highest BCUT2D eigenvalue weighted by Crippen LogP contribution is 2.40. The van der Waals surface area contributed by atoms with Crippen LogP contribution in [-0.4, -0.2) is 66.0 Å². The molecule has 2 aromatic rings.